The first-order valence-electron chi connectivity index (χ1n) is 9.81. The lowest BCUT2D eigenvalue weighted by Gasteiger charge is -2.52. The molecule has 5 rings (SSSR count). The van der Waals surface area contributed by atoms with E-state index in [2.05, 4.69) is 15.1 Å². The summed E-state index contributed by atoms with van der Waals surface area (Å²) in [5.74, 6) is 0.639. The van der Waals surface area contributed by atoms with E-state index in [0.29, 0.717) is 44.3 Å². The molecular formula is C20H22Cl2N6O. The minimum Gasteiger partial charge on any atom is -0.342 e. The lowest BCUT2D eigenvalue weighted by atomic mass is 9.60. The number of H-pyrrole nitrogens is 1. The van der Waals surface area contributed by atoms with Crippen molar-refractivity contribution in [1.82, 2.24) is 19.7 Å². The van der Waals surface area contributed by atoms with Gasteiger partial charge in [0, 0.05) is 31.7 Å². The highest BCUT2D eigenvalue weighted by Gasteiger charge is 2.46. The minimum absolute atomic E-state index is 0.162. The summed E-state index contributed by atoms with van der Waals surface area (Å²) in [6.07, 6.45) is 4.39. The maximum atomic E-state index is 13.2. The monoisotopic (exact) mass is 432 g/mol. The van der Waals surface area contributed by atoms with Gasteiger partial charge >= 0.3 is 0 Å². The Labute approximate surface area is 177 Å². The molecule has 3 aromatic rings. The van der Waals surface area contributed by atoms with E-state index in [9.17, 15) is 4.79 Å². The first kappa shape index (κ1) is 18.9. The van der Waals surface area contributed by atoms with Crippen LogP contribution in [0.5, 0.6) is 0 Å². The van der Waals surface area contributed by atoms with Crippen LogP contribution in [0.1, 0.15) is 25.7 Å². The first-order valence-corrected chi connectivity index (χ1v) is 10.6. The molecule has 1 saturated heterocycles. The van der Waals surface area contributed by atoms with Crippen LogP contribution in [-0.2, 0) is 7.05 Å². The van der Waals surface area contributed by atoms with Gasteiger partial charge in [-0.2, -0.15) is 10.1 Å². The van der Waals surface area contributed by atoms with E-state index in [-0.39, 0.29) is 11.0 Å². The normalized spacial score (nSPS) is 21.0. The second-order valence-corrected chi connectivity index (χ2v) is 8.95. The molecule has 3 N–H and O–H groups in total. The van der Waals surface area contributed by atoms with Gasteiger partial charge in [-0.3, -0.25) is 14.5 Å². The largest absolute Gasteiger partial charge is 0.342 e. The number of hydrogen-bond donors (Lipinski definition) is 2. The Morgan fingerprint density at radius 2 is 2.00 bits per heavy atom. The summed E-state index contributed by atoms with van der Waals surface area (Å²) in [7, 11) is 1.75. The molecule has 1 aliphatic carbocycles. The van der Waals surface area contributed by atoms with E-state index < -0.39 is 0 Å². The van der Waals surface area contributed by atoms with E-state index >= 15 is 0 Å². The number of benzene rings is 1. The Morgan fingerprint density at radius 3 is 2.66 bits per heavy atom. The van der Waals surface area contributed by atoms with Gasteiger partial charge < -0.3 is 10.6 Å². The molecule has 152 valence electrons. The molecule has 3 heterocycles. The summed E-state index contributed by atoms with van der Waals surface area (Å²) in [5, 5.41) is 8.43. The molecule has 2 aromatic heterocycles. The van der Waals surface area contributed by atoms with Gasteiger partial charge in [-0.15, -0.1) is 0 Å². The number of nitrogens with one attached hydrogen (secondary N) is 1. The van der Waals surface area contributed by atoms with Crippen LogP contribution in [0.25, 0.3) is 22.3 Å². The second kappa shape index (κ2) is 6.72. The zero-order valence-corrected chi connectivity index (χ0v) is 17.6. The summed E-state index contributed by atoms with van der Waals surface area (Å²) < 4.78 is 1.60. The van der Waals surface area contributed by atoms with Crippen molar-refractivity contribution in [2.45, 2.75) is 31.7 Å². The number of fused-ring (bicyclic) bond motifs is 1. The summed E-state index contributed by atoms with van der Waals surface area (Å²) in [5.41, 5.74) is 7.92. The number of nitrogens with zero attached hydrogens (tertiary/aromatic N) is 4. The Bertz CT molecular complexity index is 1160. The third-order valence-corrected chi connectivity index (χ3v) is 7.59. The molecule has 0 radical (unpaired) electrons. The molecular weight excluding hydrogens is 411 g/mol. The number of nitrogens with two attached hydrogens (primary N) is 1. The zero-order chi connectivity index (χ0) is 20.3. The van der Waals surface area contributed by atoms with Crippen LogP contribution in [0.2, 0.25) is 10.0 Å². The zero-order valence-electron chi connectivity index (χ0n) is 16.1. The SMILES string of the molecule is Cn1c(N2CCC3(CC[C@@H]3N)CC2)nc2n[nH]c(-c3cccc(Cl)c3Cl)c2c1=O. The van der Waals surface area contributed by atoms with Crippen molar-refractivity contribution >= 4 is 40.2 Å². The van der Waals surface area contributed by atoms with Gasteiger partial charge in [-0.25, -0.2) is 0 Å². The van der Waals surface area contributed by atoms with Crippen molar-refractivity contribution in [1.29, 1.82) is 0 Å². The Balaban J connectivity index is 1.55. The van der Waals surface area contributed by atoms with Crippen molar-refractivity contribution in [3.05, 3.63) is 38.6 Å². The fourth-order valence-electron chi connectivity index (χ4n) is 4.71. The van der Waals surface area contributed by atoms with Gasteiger partial charge in [0.1, 0.15) is 5.39 Å². The molecule has 1 aliphatic heterocycles. The standard InChI is InChI=1S/C20H22Cl2N6O/c1-27-18(29)14-16(11-3-2-4-12(21)15(11)22)25-26-17(14)24-19(27)28-9-7-20(8-10-28)6-5-13(20)23/h2-4,13H,5-10,23H2,1H3,(H,25,26)/t13-/m0/s1. The number of aromatic nitrogens is 4. The maximum absolute atomic E-state index is 13.2. The Hall–Kier alpha value is -2.09. The van der Waals surface area contributed by atoms with E-state index in [1.165, 1.54) is 6.42 Å². The molecule has 9 heteroatoms. The highest BCUT2D eigenvalue weighted by Crippen LogP contribution is 2.48. The topological polar surface area (TPSA) is 92.8 Å². The molecule has 7 nitrogen and oxygen atoms in total. The fourth-order valence-corrected chi connectivity index (χ4v) is 5.11. The van der Waals surface area contributed by atoms with Crippen LogP contribution in [0.3, 0.4) is 0 Å². The molecule has 1 aromatic carbocycles. The molecule has 1 atom stereocenters. The van der Waals surface area contributed by atoms with Crippen molar-refractivity contribution in [2.24, 2.45) is 18.2 Å². The maximum Gasteiger partial charge on any atom is 0.266 e. The molecule has 0 unspecified atom stereocenters. The molecule has 2 aliphatic rings. The molecule has 0 bridgehead atoms. The van der Waals surface area contributed by atoms with Gasteiger partial charge in [-0.1, -0.05) is 35.3 Å². The Kier molecular flexibility index (Phi) is 4.38. The summed E-state index contributed by atoms with van der Waals surface area (Å²) in [6.45, 7) is 1.69. The number of aromatic amines is 1. The summed E-state index contributed by atoms with van der Waals surface area (Å²) in [4.78, 5) is 20.1. The number of hydrogen-bond acceptors (Lipinski definition) is 5. The third kappa shape index (κ3) is 2.79. The minimum atomic E-state index is -0.162. The van der Waals surface area contributed by atoms with Gasteiger partial charge in [-0.05, 0) is 37.2 Å². The predicted octanol–water partition coefficient (Wildman–Crippen LogP) is 3.34. The molecule has 0 amide bonds. The highest BCUT2D eigenvalue weighted by molar-refractivity contribution is 6.43. The average Bonchev–Trinajstić information content (AvgIpc) is 3.15. The van der Waals surface area contributed by atoms with Crippen LogP contribution in [-0.4, -0.2) is 38.9 Å². The Morgan fingerprint density at radius 1 is 1.24 bits per heavy atom. The smallest absolute Gasteiger partial charge is 0.266 e. The quantitative estimate of drug-likeness (QED) is 0.647. The lowest BCUT2D eigenvalue weighted by molar-refractivity contribution is 0.0607. The number of halogens is 2. The van der Waals surface area contributed by atoms with Gasteiger partial charge in [0.25, 0.3) is 5.56 Å². The average molecular weight is 433 g/mol. The highest BCUT2D eigenvalue weighted by atomic mass is 35.5. The van der Waals surface area contributed by atoms with Crippen LogP contribution >= 0.6 is 23.2 Å². The van der Waals surface area contributed by atoms with Crippen molar-refractivity contribution < 1.29 is 0 Å². The fraction of sp³-hybridized carbons (Fsp3) is 0.450. The number of piperidine rings is 1. The van der Waals surface area contributed by atoms with E-state index in [1.807, 2.05) is 0 Å². The van der Waals surface area contributed by atoms with E-state index in [0.717, 1.165) is 32.4 Å². The van der Waals surface area contributed by atoms with Crippen LogP contribution in [0, 0.1) is 5.41 Å². The second-order valence-electron chi connectivity index (χ2n) is 8.17. The first-order chi connectivity index (χ1) is 13.9. The molecule has 1 saturated carbocycles. The molecule has 29 heavy (non-hydrogen) atoms. The van der Waals surface area contributed by atoms with Crippen molar-refractivity contribution in [3.8, 4) is 11.3 Å². The lowest BCUT2D eigenvalue weighted by Crippen LogP contribution is -2.56. The van der Waals surface area contributed by atoms with Gasteiger partial charge in [0.05, 0.1) is 15.7 Å². The third-order valence-electron chi connectivity index (χ3n) is 6.77. The summed E-state index contributed by atoms with van der Waals surface area (Å²) >= 11 is 12.5. The molecule has 1 spiro atoms. The van der Waals surface area contributed by atoms with Gasteiger partial charge in [0.2, 0.25) is 5.95 Å². The predicted molar refractivity (Wildman–Crippen MR) is 116 cm³/mol. The van der Waals surface area contributed by atoms with Crippen LogP contribution in [0.4, 0.5) is 5.95 Å². The number of anilines is 1. The van der Waals surface area contributed by atoms with Crippen LogP contribution in [0.15, 0.2) is 23.0 Å². The van der Waals surface area contributed by atoms with Crippen molar-refractivity contribution in [3.63, 3.8) is 0 Å². The van der Waals surface area contributed by atoms with Gasteiger partial charge in [0.15, 0.2) is 5.65 Å². The van der Waals surface area contributed by atoms with E-state index in [4.69, 9.17) is 33.9 Å². The van der Waals surface area contributed by atoms with Crippen LogP contribution < -0.4 is 16.2 Å². The number of rotatable bonds is 2. The summed E-state index contributed by atoms with van der Waals surface area (Å²) in [6, 6.07) is 5.61. The van der Waals surface area contributed by atoms with E-state index in [1.54, 1.807) is 29.8 Å². The van der Waals surface area contributed by atoms with Crippen molar-refractivity contribution in [2.75, 3.05) is 18.0 Å². The molecule has 2 fully saturated rings.